The molecule has 0 aromatic heterocycles. The molecule has 5 nitrogen and oxygen atoms in total. The van der Waals surface area contributed by atoms with Crippen molar-refractivity contribution in [1.29, 1.82) is 0 Å². The fourth-order valence-electron chi connectivity index (χ4n) is 0.745. The summed E-state index contributed by atoms with van der Waals surface area (Å²) < 4.78 is 25.5. The Kier molecular flexibility index (Phi) is 2.91. The highest BCUT2D eigenvalue weighted by Crippen LogP contribution is 2.53. The summed E-state index contributed by atoms with van der Waals surface area (Å²) in [5.74, 6) is 0. The molecule has 0 saturated carbocycles. The minimum atomic E-state index is -3.30. The van der Waals surface area contributed by atoms with Gasteiger partial charge in [0.25, 0.3) is 0 Å². The third-order valence-corrected chi connectivity index (χ3v) is 3.09. The van der Waals surface area contributed by atoms with Gasteiger partial charge in [0.1, 0.15) is 0 Å². The van der Waals surface area contributed by atoms with Crippen molar-refractivity contribution in [2.45, 2.75) is 6.92 Å². The number of hydrogen-bond acceptors (Lipinski definition) is 5. The second-order valence-corrected chi connectivity index (χ2v) is 4.92. The molecule has 6 heteroatoms. The molecule has 1 fully saturated rings. The van der Waals surface area contributed by atoms with Gasteiger partial charge in [-0.3, -0.25) is 13.6 Å². The Bertz CT molecular complexity index is 192. The van der Waals surface area contributed by atoms with Crippen LogP contribution in [-0.4, -0.2) is 32.0 Å². The lowest BCUT2D eigenvalue weighted by atomic mass is 9.95. The molecular formula is C6H13O5P. The Balaban J connectivity index is 2.55. The van der Waals surface area contributed by atoms with E-state index in [1.54, 1.807) is 6.92 Å². The van der Waals surface area contributed by atoms with Crippen molar-refractivity contribution in [1.82, 2.24) is 0 Å². The number of aliphatic hydroxyl groups is 1. The lowest BCUT2D eigenvalue weighted by Crippen LogP contribution is -2.36. The van der Waals surface area contributed by atoms with Gasteiger partial charge in [-0.2, -0.15) is 0 Å². The van der Waals surface area contributed by atoms with Crippen LogP contribution in [0.2, 0.25) is 0 Å². The SMILES string of the molecule is COP1(=O)OCC(C)(CO)CO1. The maximum absolute atomic E-state index is 11.3. The highest BCUT2D eigenvalue weighted by molar-refractivity contribution is 7.48. The summed E-state index contributed by atoms with van der Waals surface area (Å²) in [6.07, 6.45) is 0. The van der Waals surface area contributed by atoms with Gasteiger partial charge >= 0.3 is 7.82 Å². The van der Waals surface area contributed by atoms with Crippen LogP contribution >= 0.6 is 7.82 Å². The second kappa shape index (κ2) is 3.44. The summed E-state index contributed by atoms with van der Waals surface area (Å²) in [4.78, 5) is 0. The van der Waals surface area contributed by atoms with E-state index in [1.165, 1.54) is 7.11 Å². The highest BCUT2D eigenvalue weighted by atomic mass is 31.2. The van der Waals surface area contributed by atoms with E-state index in [2.05, 4.69) is 4.52 Å². The average molecular weight is 196 g/mol. The molecule has 0 aromatic carbocycles. The van der Waals surface area contributed by atoms with E-state index in [1.807, 2.05) is 0 Å². The van der Waals surface area contributed by atoms with Crippen LogP contribution in [-0.2, 0) is 18.1 Å². The Morgan fingerprint density at radius 2 is 2.08 bits per heavy atom. The molecule has 0 aliphatic carbocycles. The van der Waals surface area contributed by atoms with E-state index in [0.717, 1.165) is 0 Å². The Labute approximate surface area is 71.2 Å². The average Bonchev–Trinajstić information content (AvgIpc) is 2.11. The summed E-state index contributed by atoms with van der Waals surface area (Å²) in [6, 6.07) is 0. The first-order chi connectivity index (χ1) is 5.54. The van der Waals surface area contributed by atoms with Crippen LogP contribution in [0.4, 0.5) is 0 Å². The third kappa shape index (κ3) is 2.06. The van der Waals surface area contributed by atoms with Crippen molar-refractivity contribution in [2.24, 2.45) is 5.41 Å². The molecular weight excluding hydrogens is 183 g/mol. The largest absolute Gasteiger partial charge is 0.474 e. The minimum Gasteiger partial charge on any atom is -0.396 e. The van der Waals surface area contributed by atoms with Gasteiger partial charge in [-0.25, -0.2) is 4.57 Å². The normalized spacial score (nSPS) is 42.9. The Morgan fingerprint density at radius 3 is 2.42 bits per heavy atom. The number of rotatable bonds is 2. The van der Waals surface area contributed by atoms with Crippen LogP contribution in [0.15, 0.2) is 0 Å². The Morgan fingerprint density at radius 1 is 1.58 bits per heavy atom. The molecule has 1 aliphatic heterocycles. The topological polar surface area (TPSA) is 65.0 Å². The second-order valence-electron chi connectivity index (χ2n) is 3.15. The van der Waals surface area contributed by atoms with Crippen molar-refractivity contribution < 1.29 is 23.2 Å². The lowest BCUT2D eigenvalue weighted by molar-refractivity contribution is -0.0301. The van der Waals surface area contributed by atoms with Crippen LogP contribution in [0.1, 0.15) is 6.92 Å². The quantitative estimate of drug-likeness (QED) is 0.661. The maximum atomic E-state index is 11.3. The first-order valence-corrected chi connectivity index (χ1v) is 5.05. The van der Waals surface area contributed by atoms with Gasteiger partial charge in [0.15, 0.2) is 0 Å². The molecule has 1 N–H and O–H groups in total. The van der Waals surface area contributed by atoms with Gasteiger partial charge in [0, 0.05) is 12.5 Å². The van der Waals surface area contributed by atoms with E-state index in [4.69, 9.17) is 14.2 Å². The van der Waals surface area contributed by atoms with Crippen molar-refractivity contribution >= 4 is 7.82 Å². The van der Waals surface area contributed by atoms with E-state index in [0.29, 0.717) is 0 Å². The summed E-state index contributed by atoms with van der Waals surface area (Å²) in [5, 5.41) is 8.90. The molecule has 0 atom stereocenters. The molecule has 0 spiro atoms. The van der Waals surface area contributed by atoms with Crippen LogP contribution in [0.25, 0.3) is 0 Å². The van der Waals surface area contributed by atoms with Crippen molar-refractivity contribution in [3.8, 4) is 0 Å². The third-order valence-electron chi connectivity index (χ3n) is 1.75. The van der Waals surface area contributed by atoms with Crippen LogP contribution in [0, 0.1) is 5.41 Å². The van der Waals surface area contributed by atoms with Gasteiger partial charge in [-0.15, -0.1) is 0 Å². The predicted octanol–water partition coefficient (Wildman–Crippen LogP) is 0.786. The zero-order chi connectivity index (χ0) is 9.24. The molecule has 1 saturated heterocycles. The van der Waals surface area contributed by atoms with Crippen molar-refractivity contribution in [3.63, 3.8) is 0 Å². The molecule has 0 radical (unpaired) electrons. The monoisotopic (exact) mass is 196 g/mol. The smallest absolute Gasteiger partial charge is 0.396 e. The number of hydrogen-bond donors (Lipinski definition) is 1. The zero-order valence-electron chi connectivity index (χ0n) is 7.15. The molecule has 1 rings (SSSR count). The minimum absolute atomic E-state index is 0.0588. The fraction of sp³-hybridized carbons (Fsp3) is 1.00. The number of aliphatic hydroxyl groups excluding tert-OH is 1. The van der Waals surface area contributed by atoms with E-state index >= 15 is 0 Å². The molecule has 0 amide bonds. The standard InChI is InChI=1S/C6H13O5P/c1-6(3-7)4-10-12(8,9-2)11-5-6/h7H,3-5H2,1-2H3. The van der Waals surface area contributed by atoms with Crippen molar-refractivity contribution in [2.75, 3.05) is 26.9 Å². The van der Waals surface area contributed by atoms with E-state index in [9.17, 15) is 4.57 Å². The summed E-state index contributed by atoms with van der Waals surface area (Å²) >= 11 is 0. The molecule has 0 aromatic rings. The van der Waals surface area contributed by atoms with Crippen molar-refractivity contribution in [3.05, 3.63) is 0 Å². The molecule has 0 bridgehead atoms. The Hall–Kier alpha value is 0.0700. The highest BCUT2D eigenvalue weighted by Gasteiger charge is 2.39. The van der Waals surface area contributed by atoms with Gasteiger partial charge in [-0.1, -0.05) is 6.92 Å². The summed E-state index contributed by atoms with van der Waals surface area (Å²) in [6.45, 7) is 2.10. The maximum Gasteiger partial charge on any atom is 0.474 e. The van der Waals surface area contributed by atoms with Gasteiger partial charge in [0.2, 0.25) is 0 Å². The number of phosphoric ester groups is 1. The lowest BCUT2D eigenvalue weighted by Gasteiger charge is -2.33. The molecule has 12 heavy (non-hydrogen) atoms. The van der Waals surface area contributed by atoms with Crippen LogP contribution < -0.4 is 0 Å². The molecule has 1 aliphatic rings. The van der Waals surface area contributed by atoms with E-state index in [-0.39, 0.29) is 19.8 Å². The van der Waals surface area contributed by atoms with Crippen LogP contribution in [0.3, 0.4) is 0 Å². The van der Waals surface area contributed by atoms with Crippen LogP contribution in [0.5, 0.6) is 0 Å². The molecule has 1 heterocycles. The summed E-state index contributed by atoms with van der Waals surface area (Å²) in [5.41, 5.74) is -0.466. The van der Waals surface area contributed by atoms with E-state index < -0.39 is 13.2 Å². The number of phosphoric acid groups is 1. The summed E-state index contributed by atoms with van der Waals surface area (Å²) in [7, 11) is -2.03. The first-order valence-electron chi connectivity index (χ1n) is 3.59. The van der Waals surface area contributed by atoms with Gasteiger partial charge < -0.3 is 5.11 Å². The van der Waals surface area contributed by atoms with Gasteiger partial charge in [-0.05, 0) is 0 Å². The zero-order valence-corrected chi connectivity index (χ0v) is 8.04. The molecule has 72 valence electrons. The molecule has 0 unspecified atom stereocenters. The fourth-order valence-corrected chi connectivity index (χ4v) is 1.97. The first kappa shape index (κ1) is 10.2. The van der Waals surface area contributed by atoms with Gasteiger partial charge in [0.05, 0.1) is 19.8 Å². The predicted molar refractivity (Wildman–Crippen MR) is 41.7 cm³/mol.